The molecule has 0 aliphatic carbocycles. The van der Waals surface area contributed by atoms with E-state index in [0.717, 1.165) is 5.56 Å². The second-order valence-electron chi connectivity index (χ2n) is 3.97. The average Bonchev–Trinajstić information content (AvgIpc) is 2.77. The molecule has 3 nitrogen and oxygen atoms in total. The Hall–Kier alpha value is -1.26. The highest BCUT2D eigenvalue weighted by atomic mass is 32.1. The van der Waals surface area contributed by atoms with E-state index in [-0.39, 0.29) is 0 Å². The summed E-state index contributed by atoms with van der Waals surface area (Å²) in [5.41, 5.74) is 4.31. The van der Waals surface area contributed by atoms with Crippen molar-refractivity contribution in [3.63, 3.8) is 0 Å². The molecule has 1 aromatic carbocycles. The Labute approximate surface area is 98.9 Å². The van der Waals surface area contributed by atoms with Crippen LogP contribution in [0.1, 0.15) is 28.5 Å². The summed E-state index contributed by atoms with van der Waals surface area (Å²) in [5.74, 6) is 0. The van der Waals surface area contributed by atoms with Crippen molar-refractivity contribution in [3.8, 4) is 0 Å². The van der Waals surface area contributed by atoms with Crippen molar-refractivity contribution in [2.75, 3.05) is 0 Å². The molecule has 2 aromatic rings. The normalized spacial score (nSPS) is 12.7. The highest BCUT2D eigenvalue weighted by Gasteiger charge is 2.11. The molecule has 0 saturated heterocycles. The summed E-state index contributed by atoms with van der Waals surface area (Å²) < 4.78 is 3.75. The minimum Gasteiger partial charge on any atom is -0.386 e. The molecule has 1 atom stereocenters. The first kappa shape index (κ1) is 11.2. The van der Waals surface area contributed by atoms with Gasteiger partial charge in [0.1, 0.15) is 11.8 Å². The van der Waals surface area contributed by atoms with Crippen LogP contribution in [0, 0.1) is 13.8 Å². The Morgan fingerprint density at radius 3 is 2.75 bits per heavy atom. The van der Waals surface area contributed by atoms with Gasteiger partial charge in [0.15, 0.2) is 0 Å². The number of aromatic nitrogens is 2. The zero-order chi connectivity index (χ0) is 11.5. The predicted octanol–water partition coefficient (Wildman–Crippen LogP) is 2.43. The Kier molecular flexibility index (Phi) is 3.31. The molecule has 0 fully saturated rings. The molecule has 2 rings (SSSR count). The lowest BCUT2D eigenvalue weighted by Gasteiger charge is -2.09. The summed E-state index contributed by atoms with van der Waals surface area (Å²) in [6.45, 7) is 4.16. The third kappa shape index (κ3) is 2.46. The number of nitrogens with zero attached hydrogens (tertiary/aromatic N) is 2. The Morgan fingerprint density at radius 2 is 2.12 bits per heavy atom. The number of aryl methyl sites for hydroxylation is 2. The zero-order valence-corrected chi connectivity index (χ0v) is 10.2. The van der Waals surface area contributed by atoms with Crippen LogP contribution >= 0.6 is 11.5 Å². The van der Waals surface area contributed by atoms with Crippen molar-refractivity contribution in [2.45, 2.75) is 26.4 Å². The van der Waals surface area contributed by atoms with Gasteiger partial charge in [0, 0.05) is 11.8 Å². The van der Waals surface area contributed by atoms with Crippen LogP contribution in [-0.2, 0) is 6.42 Å². The van der Waals surface area contributed by atoms with Crippen molar-refractivity contribution in [1.29, 1.82) is 0 Å². The minimum atomic E-state index is -0.555. The van der Waals surface area contributed by atoms with Gasteiger partial charge in [0.05, 0.1) is 0 Å². The molecular weight excluding hydrogens is 220 g/mol. The molecule has 1 N–H and O–H groups in total. The van der Waals surface area contributed by atoms with Crippen LogP contribution in [0.5, 0.6) is 0 Å². The standard InChI is InChI=1S/C12H14N2OS/c1-8-3-4-10(5-9(8)2)6-12(15)11-7-16-14-13-11/h3-5,7,12,15H,6H2,1-2H3. The van der Waals surface area contributed by atoms with Gasteiger partial charge in [-0.3, -0.25) is 0 Å². The van der Waals surface area contributed by atoms with E-state index in [1.165, 1.54) is 22.7 Å². The van der Waals surface area contributed by atoms with Crippen LogP contribution in [0.4, 0.5) is 0 Å². The Balaban J connectivity index is 2.12. The van der Waals surface area contributed by atoms with Crippen LogP contribution in [0.25, 0.3) is 0 Å². The van der Waals surface area contributed by atoms with Gasteiger partial charge in [0.2, 0.25) is 0 Å². The molecule has 0 aliphatic rings. The smallest absolute Gasteiger partial charge is 0.104 e. The molecule has 0 aliphatic heterocycles. The number of hydrogen-bond acceptors (Lipinski definition) is 4. The van der Waals surface area contributed by atoms with E-state index in [4.69, 9.17) is 0 Å². The molecular formula is C12H14N2OS. The van der Waals surface area contributed by atoms with Crippen molar-refractivity contribution in [1.82, 2.24) is 9.59 Å². The number of aliphatic hydroxyl groups is 1. The topological polar surface area (TPSA) is 46.0 Å². The fraction of sp³-hybridized carbons (Fsp3) is 0.333. The maximum absolute atomic E-state index is 9.93. The quantitative estimate of drug-likeness (QED) is 0.887. The van der Waals surface area contributed by atoms with Gasteiger partial charge >= 0.3 is 0 Å². The number of hydrogen-bond donors (Lipinski definition) is 1. The predicted molar refractivity (Wildman–Crippen MR) is 64.5 cm³/mol. The van der Waals surface area contributed by atoms with Crippen molar-refractivity contribution >= 4 is 11.5 Å². The number of rotatable bonds is 3. The van der Waals surface area contributed by atoms with Gasteiger partial charge < -0.3 is 5.11 Å². The van der Waals surface area contributed by atoms with E-state index in [9.17, 15) is 5.11 Å². The number of aliphatic hydroxyl groups excluding tert-OH is 1. The summed E-state index contributed by atoms with van der Waals surface area (Å²) in [6, 6.07) is 6.24. The second kappa shape index (κ2) is 4.72. The molecule has 1 heterocycles. The van der Waals surface area contributed by atoms with E-state index in [1.807, 2.05) is 6.07 Å². The van der Waals surface area contributed by atoms with Gasteiger partial charge in [-0.1, -0.05) is 22.7 Å². The van der Waals surface area contributed by atoms with Gasteiger partial charge in [0.25, 0.3) is 0 Å². The van der Waals surface area contributed by atoms with Gasteiger partial charge in [-0.15, -0.1) is 5.10 Å². The third-order valence-electron chi connectivity index (χ3n) is 2.72. The van der Waals surface area contributed by atoms with Crippen LogP contribution in [0.3, 0.4) is 0 Å². The first-order chi connectivity index (χ1) is 7.66. The van der Waals surface area contributed by atoms with E-state index in [0.29, 0.717) is 12.1 Å². The molecule has 16 heavy (non-hydrogen) atoms. The van der Waals surface area contributed by atoms with Gasteiger partial charge in [-0.25, -0.2) is 0 Å². The van der Waals surface area contributed by atoms with E-state index >= 15 is 0 Å². The van der Waals surface area contributed by atoms with E-state index < -0.39 is 6.10 Å². The number of benzene rings is 1. The maximum Gasteiger partial charge on any atom is 0.104 e. The van der Waals surface area contributed by atoms with Crippen LogP contribution < -0.4 is 0 Å². The highest BCUT2D eigenvalue weighted by Crippen LogP contribution is 2.18. The molecule has 4 heteroatoms. The summed E-state index contributed by atoms with van der Waals surface area (Å²) in [6.07, 6.45) is 0.0351. The highest BCUT2D eigenvalue weighted by molar-refractivity contribution is 7.03. The van der Waals surface area contributed by atoms with Gasteiger partial charge in [-0.2, -0.15) is 0 Å². The molecule has 1 aromatic heterocycles. The van der Waals surface area contributed by atoms with Crippen LogP contribution in [0.15, 0.2) is 23.6 Å². The summed E-state index contributed by atoms with van der Waals surface area (Å²) in [7, 11) is 0. The molecule has 1 unspecified atom stereocenters. The molecule has 0 radical (unpaired) electrons. The summed E-state index contributed by atoms with van der Waals surface area (Å²) in [4.78, 5) is 0. The first-order valence-corrected chi connectivity index (χ1v) is 6.01. The lowest BCUT2D eigenvalue weighted by Crippen LogP contribution is -2.02. The minimum absolute atomic E-state index is 0.555. The third-order valence-corrected chi connectivity index (χ3v) is 3.24. The van der Waals surface area contributed by atoms with Crippen molar-refractivity contribution < 1.29 is 5.11 Å². The SMILES string of the molecule is Cc1ccc(CC(O)c2csnn2)cc1C. The first-order valence-electron chi connectivity index (χ1n) is 5.18. The Bertz CT molecular complexity index is 468. The average molecular weight is 234 g/mol. The van der Waals surface area contributed by atoms with Crippen molar-refractivity contribution in [3.05, 3.63) is 46.0 Å². The van der Waals surface area contributed by atoms with Crippen LogP contribution in [-0.4, -0.2) is 14.7 Å². The molecule has 0 spiro atoms. The molecule has 0 amide bonds. The van der Waals surface area contributed by atoms with E-state index in [1.54, 1.807) is 5.38 Å². The van der Waals surface area contributed by atoms with Crippen molar-refractivity contribution in [2.24, 2.45) is 0 Å². The fourth-order valence-corrected chi connectivity index (χ4v) is 2.08. The molecule has 84 valence electrons. The fourth-order valence-electron chi connectivity index (χ4n) is 1.58. The Morgan fingerprint density at radius 1 is 1.31 bits per heavy atom. The second-order valence-corrected chi connectivity index (χ2v) is 4.58. The monoisotopic (exact) mass is 234 g/mol. The van der Waals surface area contributed by atoms with Gasteiger partial charge in [-0.05, 0) is 42.1 Å². The van der Waals surface area contributed by atoms with E-state index in [2.05, 4.69) is 35.6 Å². The zero-order valence-electron chi connectivity index (χ0n) is 9.34. The summed E-state index contributed by atoms with van der Waals surface area (Å²) >= 11 is 1.26. The molecule has 0 bridgehead atoms. The molecule has 0 saturated carbocycles. The maximum atomic E-state index is 9.93. The lowest BCUT2D eigenvalue weighted by molar-refractivity contribution is 0.173. The summed E-state index contributed by atoms with van der Waals surface area (Å²) in [5, 5.41) is 15.6. The van der Waals surface area contributed by atoms with Crippen LogP contribution in [0.2, 0.25) is 0 Å². The lowest BCUT2D eigenvalue weighted by atomic mass is 10.0. The largest absolute Gasteiger partial charge is 0.386 e.